The number of sulfonamides is 1. The zero-order chi connectivity index (χ0) is 23.1. The van der Waals surface area contributed by atoms with E-state index in [0.29, 0.717) is 13.1 Å². The van der Waals surface area contributed by atoms with E-state index in [-0.39, 0.29) is 40.7 Å². The third-order valence-electron chi connectivity index (χ3n) is 5.17. The first kappa shape index (κ1) is 23.8. The Morgan fingerprint density at radius 1 is 1.00 bits per heavy atom. The molecule has 1 aromatic carbocycles. The highest BCUT2D eigenvalue weighted by molar-refractivity contribution is 7.89. The highest BCUT2D eigenvalue weighted by Crippen LogP contribution is 2.27. The molecule has 0 aliphatic carbocycles. The van der Waals surface area contributed by atoms with Crippen LogP contribution in [0.4, 0.5) is 0 Å². The van der Waals surface area contributed by atoms with Gasteiger partial charge in [-0.3, -0.25) is 0 Å². The van der Waals surface area contributed by atoms with Crippen molar-refractivity contribution in [2.75, 3.05) is 26.8 Å². The Kier molecular flexibility index (Phi) is 7.92. The number of benzene rings is 1. The summed E-state index contributed by atoms with van der Waals surface area (Å²) in [4.78, 5) is 24.7. The van der Waals surface area contributed by atoms with Crippen molar-refractivity contribution >= 4 is 22.0 Å². The van der Waals surface area contributed by atoms with E-state index in [1.54, 1.807) is 6.92 Å². The van der Waals surface area contributed by atoms with Crippen LogP contribution >= 0.6 is 0 Å². The number of esters is 2. The van der Waals surface area contributed by atoms with Crippen molar-refractivity contribution in [3.8, 4) is 5.75 Å². The minimum Gasteiger partial charge on any atom is -0.496 e. The summed E-state index contributed by atoms with van der Waals surface area (Å²) < 4.78 is 48.4. The minimum absolute atomic E-state index is 0.00244. The third kappa shape index (κ3) is 5.31. The molecule has 0 spiro atoms. The number of methoxy groups -OCH3 is 1. The molecule has 0 N–H and O–H groups in total. The van der Waals surface area contributed by atoms with Crippen LogP contribution in [0, 0.1) is 0 Å². The molecule has 0 bridgehead atoms. The average Bonchev–Trinajstić information content (AvgIpc) is 3.08. The van der Waals surface area contributed by atoms with E-state index in [4.69, 9.17) is 18.6 Å². The SMILES string of the molecule is CCOC(=O)c1ccoc1COC(=O)c1cc(S(=O)(=O)N2CCCCCC2)ccc1OC. The van der Waals surface area contributed by atoms with Gasteiger partial charge in [0.2, 0.25) is 10.0 Å². The van der Waals surface area contributed by atoms with Gasteiger partial charge in [-0.1, -0.05) is 12.8 Å². The van der Waals surface area contributed by atoms with Crippen LogP contribution in [0.5, 0.6) is 5.75 Å². The summed E-state index contributed by atoms with van der Waals surface area (Å²) in [6.45, 7) is 2.44. The summed E-state index contributed by atoms with van der Waals surface area (Å²) in [5.74, 6) is -1.09. The van der Waals surface area contributed by atoms with Crippen LogP contribution in [0.3, 0.4) is 0 Å². The monoisotopic (exact) mass is 465 g/mol. The maximum atomic E-state index is 13.1. The Balaban J connectivity index is 1.81. The molecule has 174 valence electrons. The lowest BCUT2D eigenvalue weighted by Crippen LogP contribution is -2.32. The Labute approximate surface area is 187 Å². The van der Waals surface area contributed by atoms with Gasteiger partial charge in [0.05, 0.1) is 24.9 Å². The van der Waals surface area contributed by atoms with Gasteiger partial charge in [-0.25, -0.2) is 18.0 Å². The van der Waals surface area contributed by atoms with Crippen LogP contribution in [0.25, 0.3) is 0 Å². The molecule has 0 unspecified atom stereocenters. The number of nitrogens with zero attached hydrogens (tertiary/aromatic N) is 1. The molecule has 2 heterocycles. The molecule has 3 rings (SSSR count). The van der Waals surface area contributed by atoms with Crippen molar-refractivity contribution < 1.29 is 36.6 Å². The molecule has 1 fully saturated rings. The lowest BCUT2D eigenvalue weighted by Gasteiger charge is -2.20. The molecular formula is C22H27NO8S. The third-order valence-corrected chi connectivity index (χ3v) is 7.06. The number of furan rings is 1. The van der Waals surface area contributed by atoms with E-state index in [2.05, 4.69) is 0 Å². The van der Waals surface area contributed by atoms with Gasteiger partial charge in [-0.05, 0) is 44.0 Å². The van der Waals surface area contributed by atoms with Crippen LogP contribution in [0.15, 0.2) is 39.8 Å². The Hall–Kier alpha value is -2.85. The predicted molar refractivity (Wildman–Crippen MR) is 114 cm³/mol. The van der Waals surface area contributed by atoms with Crippen LogP contribution in [0.2, 0.25) is 0 Å². The number of rotatable bonds is 8. The molecule has 9 nitrogen and oxygen atoms in total. The number of ether oxygens (including phenoxy) is 3. The molecule has 1 saturated heterocycles. The van der Waals surface area contributed by atoms with Crippen molar-refractivity contribution in [2.24, 2.45) is 0 Å². The van der Waals surface area contributed by atoms with Gasteiger partial charge in [0.1, 0.15) is 16.9 Å². The fourth-order valence-electron chi connectivity index (χ4n) is 3.49. The first-order valence-corrected chi connectivity index (χ1v) is 11.9. The number of carbonyl (C=O) groups is 2. The predicted octanol–water partition coefficient (Wildman–Crippen LogP) is 3.39. The molecule has 0 amide bonds. The van der Waals surface area contributed by atoms with Gasteiger partial charge in [-0.2, -0.15) is 4.31 Å². The first-order valence-electron chi connectivity index (χ1n) is 10.5. The van der Waals surface area contributed by atoms with E-state index in [9.17, 15) is 18.0 Å². The van der Waals surface area contributed by atoms with Crippen LogP contribution in [-0.4, -0.2) is 51.5 Å². The van der Waals surface area contributed by atoms with Gasteiger partial charge >= 0.3 is 11.9 Å². The maximum absolute atomic E-state index is 13.1. The molecule has 1 aromatic heterocycles. The Bertz CT molecular complexity index is 1050. The van der Waals surface area contributed by atoms with Gasteiger partial charge < -0.3 is 18.6 Å². The Morgan fingerprint density at radius 3 is 2.34 bits per heavy atom. The smallest absolute Gasteiger partial charge is 0.342 e. The van der Waals surface area contributed by atoms with Gasteiger partial charge in [0.25, 0.3) is 0 Å². The van der Waals surface area contributed by atoms with Crippen molar-refractivity contribution in [3.05, 3.63) is 47.4 Å². The molecule has 1 aliphatic heterocycles. The second kappa shape index (κ2) is 10.6. The van der Waals surface area contributed by atoms with Crippen molar-refractivity contribution in [2.45, 2.75) is 44.1 Å². The normalized spacial score (nSPS) is 15.1. The molecule has 32 heavy (non-hydrogen) atoms. The van der Waals surface area contributed by atoms with E-state index >= 15 is 0 Å². The topological polar surface area (TPSA) is 112 Å². The quantitative estimate of drug-likeness (QED) is 0.545. The zero-order valence-electron chi connectivity index (χ0n) is 18.2. The molecule has 1 aliphatic rings. The minimum atomic E-state index is -3.76. The van der Waals surface area contributed by atoms with Crippen LogP contribution in [-0.2, 0) is 26.1 Å². The summed E-state index contributed by atoms with van der Waals surface area (Å²) in [7, 11) is -2.38. The molecule has 2 aromatic rings. The van der Waals surface area contributed by atoms with Crippen LogP contribution in [0.1, 0.15) is 59.1 Å². The molecule has 0 radical (unpaired) electrons. The average molecular weight is 466 g/mol. The second-order valence-corrected chi connectivity index (χ2v) is 9.17. The molecule has 0 atom stereocenters. The fourth-order valence-corrected chi connectivity index (χ4v) is 5.03. The van der Waals surface area contributed by atoms with E-state index < -0.39 is 22.0 Å². The van der Waals surface area contributed by atoms with Crippen LogP contribution < -0.4 is 4.74 Å². The number of carbonyl (C=O) groups excluding carboxylic acids is 2. The highest BCUT2D eigenvalue weighted by Gasteiger charge is 2.28. The fraction of sp³-hybridized carbons (Fsp3) is 0.455. The summed E-state index contributed by atoms with van der Waals surface area (Å²) in [5.41, 5.74) is 0.122. The van der Waals surface area contributed by atoms with Crippen molar-refractivity contribution in [1.82, 2.24) is 4.31 Å². The lowest BCUT2D eigenvalue weighted by molar-refractivity contribution is 0.0419. The highest BCUT2D eigenvalue weighted by atomic mass is 32.2. The van der Waals surface area contributed by atoms with E-state index in [1.165, 1.54) is 41.9 Å². The summed E-state index contributed by atoms with van der Waals surface area (Å²) in [6, 6.07) is 5.53. The summed E-state index contributed by atoms with van der Waals surface area (Å²) in [6.07, 6.45) is 4.89. The second-order valence-electron chi connectivity index (χ2n) is 7.23. The van der Waals surface area contributed by atoms with Gasteiger partial charge in [-0.15, -0.1) is 0 Å². The molecule has 0 saturated carbocycles. The summed E-state index contributed by atoms with van der Waals surface area (Å²) >= 11 is 0. The van der Waals surface area contributed by atoms with Crippen molar-refractivity contribution in [3.63, 3.8) is 0 Å². The number of hydrogen-bond acceptors (Lipinski definition) is 8. The standard InChI is InChI=1S/C22H27NO8S/c1-3-29-21(24)17-10-13-30-20(17)15-31-22(25)18-14-16(8-9-19(18)28-2)32(26,27)23-11-6-4-5-7-12-23/h8-10,13-14H,3-7,11-12,15H2,1-2H3. The van der Waals surface area contributed by atoms with Gasteiger partial charge in [0, 0.05) is 13.1 Å². The Morgan fingerprint density at radius 2 is 1.69 bits per heavy atom. The largest absolute Gasteiger partial charge is 0.496 e. The zero-order valence-corrected chi connectivity index (χ0v) is 19.0. The number of hydrogen-bond donors (Lipinski definition) is 0. The molecule has 10 heteroatoms. The van der Waals surface area contributed by atoms with E-state index in [0.717, 1.165) is 25.7 Å². The van der Waals surface area contributed by atoms with Crippen molar-refractivity contribution in [1.29, 1.82) is 0 Å². The maximum Gasteiger partial charge on any atom is 0.342 e. The van der Waals surface area contributed by atoms with Gasteiger partial charge in [0.15, 0.2) is 12.4 Å². The first-order chi connectivity index (χ1) is 15.4. The molecular weight excluding hydrogens is 438 g/mol. The summed E-state index contributed by atoms with van der Waals surface area (Å²) in [5, 5.41) is 0. The van der Waals surface area contributed by atoms with E-state index in [1.807, 2.05) is 0 Å². The lowest BCUT2D eigenvalue weighted by atomic mass is 10.2.